The molecule has 2 amide bonds. The Hall–Kier alpha value is -2.99. The molecule has 12 nitrogen and oxygen atoms in total. The van der Waals surface area contributed by atoms with Gasteiger partial charge in [0.15, 0.2) is 0 Å². The van der Waals surface area contributed by atoms with E-state index in [2.05, 4.69) is 20.6 Å². The number of hydrogen-bond acceptors (Lipinski definition) is 7. The highest BCUT2D eigenvalue weighted by Gasteiger charge is 2.29. The predicted octanol–water partition coefficient (Wildman–Crippen LogP) is -2.06. The molecule has 0 saturated carbocycles. The molecule has 1 aromatic heterocycles. The second-order valence-corrected chi connectivity index (χ2v) is 6.23. The maximum absolute atomic E-state index is 12.4. The van der Waals surface area contributed by atoms with Gasteiger partial charge in [-0.1, -0.05) is 0 Å². The second kappa shape index (κ2) is 11.7. The number of carbonyl (C=O) groups excluding carboxylic acids is 2. The average Bonchev–Trinajstić information content (AvgIpc) is 3.12. The number of H-pyrrole nitrogens is 1. The molecule has 9 N–H and O–H groups in total. The Morgan fingerprint density at radius 2 is 1.79 bits per heavy atom. The number of aromatic amines is 1. The Bertz CT molecular complexity index is 665. The Labute approximate surface area is 161 Å². The number of nitrogens with two attached hydrogens (primary N) is 2. The Morgan fingerprint density at radius 3 is 2.32 bits per heavy atom. The van der Waals surface area contributed by atoms with Crippen LogP contribution in [-0.4, -0.2) is 68.6 Å². The van der Waals surface area contributed by atoms with Crippen LogP contribution in [0.15, 0.2) is 12.5 Å². The molecule has 28 heavy (non-hydrogen) atoms. The number of carboxylic acid groups (broad SMARTS) is 2. The molecule has 3 atom stereocenters. The molecule has 0 aliphatic heterocycles. The average molecular weight is 398 g/mol. The van der Waals surface area contributed by atoms with E-state index in [4.69, 9.17) is 21.7 Å². The molecule has 0 radical (unpaired) electrons. The van der Waals surface area contributed by atoms with Crippen molar-refractivity contribution >= 4 is 23.8 Å². The normalized spacial score (nSPS) is 13.9. The van der Waals surface area contributed by atoms with Crippen molar-refractivity contribution in [3.63, 3.8) is 0 Å². The fraction of sp³-hybridized carbons (Fsp3) is 0.562. The first-order valence-electron chi connectivity index (χ1n) is 8.72. The first-order valence-corrected chi connectivity index (χ1v) is 8.72. The third kappa shape index (κ3) is 8.14. The van der Waals surface area contributed by atoms with Gasteiger partial charge in [-0.2, -0.15) is 0 Å². The van der Waals surface area contributed by atoms with Crippen molar-refractivity contribution in [1.29, 1.82) is 0 Å². The summed E-state index contributed by atoms with van der Waals surface area (Å²) in [7, 11) is 0. The summed E-state index contributed by atoms with van der Waals surface area (Å²) < 4.78 is 0. The van der Waals surface area contributed by atoms with Gasteiger partial charge in [0, 0.05) is 18.3 Å². The third-order valence-electron chi connectivity index (χ3n) is 3.90. The molecule has 0 bridgehead atoms. The van der Waals surface area contributed by atoms with E-state index in [1.165, 1.54) is 12.5 Å². The van der Waals surface area contributed by atoms with Gasteiger partial charge in [-0.05, 0) is 25.8 Å². The van der Waals surface area contributed by atoms with Gasteiger partial charge >= 0.3 is 11.9 Å². The highest BCUT2D eigenvalue weighted by atomic mass is 16.4. The molecule has 0 spiro atoms. The largest absolute Gasteiger partial charge is 0.481 e. The number of unbranched alkanes of at least 4 members (excludes halogenated alkanes) is 1. The molecule has 1 aromatic rings. The van der Waals surface area contributed by atoms with Crippen molar-refractivity contribution in [2.45, 2.75) is 50.2 Å². The van der Waals surface area contributed by atoms with E-state index in [0.717, 1.165) is 0 Å². The molecule has 0 saturated heterocycles. The summed E-state index contributed by atoms with van der Waals surface area (Å²) in [5, 5.41) is 22.5. The molecule has 0 aliphatic rings. The number of amides is 2. The predicted molar refractivity (Wildman–Crippen MR) is 96.9 cm³/mol. The number of rotatable bonds is 13. The first-order chi connectivity index (χ1) is 13.2. The van der Waals surface area contributed by atoms with E-state index in [9.17, 15) is 19.2 Å². The molecular weight excluding hydrogens is 372 g/mol. The number of hydrogen-bond donors (Lipinski definition) is 7. The van der Waals surface area contributed by atoms with Crippen LogP contribution in [0.3, 0.4) is 0 Å². The summed E-state index contributed by atoms with van der Waals surface area (Å²) in [6, 6.07) is -3.64. The van der Waals surface area contributed by atoms with Gasteiger partial charge in [0.25, 0.3) is 0 Å². The number of nitrogens with zero attached hydrogens (tertiary/aromatic N) is 1. The van der Waals surface area contributed by atoms with Crippen LogP contribution in [0.2, 0.25) is 0 Å². The molecule has 0 aromatic carbocycles. The number of aliphatic carboxylic acids is 2. The van der Waals surface area contributed by atoms with Gasteiger partial charge in [-0.25, -0.2) is 9.78 Å². The fourth-order valence-corrected chi connectivity index (χ4v) is 2.41. The molecule has 0 aliphatic carbocycles. The van der Waals surface area contributed by atoms with Gasteiger partial charge in [0.2, 0.25) is 11.8 Å². The van der Waals surface area contributed by atoms with Crippen LogP contribution in [0.25, 0.3) is 0 Å². The van der Waals surface area contributed by atoms with E-state index >= 15 is 0 Å². The standard InChI is InChI=1S/C16H26N6O6/c17-4-2-1-3-11(15(26)22-12(16(27)28)6-13(23)24)21-14(25)10(18)5-9-7-19-8-20-9/h7-8,10-12H,1-6,17-18H2,(H,19,20)(H,21,25)(H,22,26)(H,23,24)(H,27,28). The van der Waals surface area contributed by atoms with Crippen molar-refractivity contribution in [2.75, 3.05) is 6.54 Å². The molecule has 1 heterocycles. The maximum atomic E-state index is 12.4. The minimum absolute atomic E-state index is 0.166. The Morgan fingerprint density at radius 1 is 1.11 bits per heavy atom. The van der Waals surface area contributed by atoms with Gasteiger partial charge in [-0.15, -0.1) is 0 Å². The zero-order valence-electron chi connectivity index (χ0n) is 15.3. The van der Waals surface area contributed by atoms with Crippen molar-refractivity contribution in [3.8, 4) is 0 Å². The highest BCUT2D eigenvalue weighted by molar-refractivity contribution is 5.92. The van der Waals surface area contributed by atoms with Crippen LogP contribution in [0.4, 0.5) is 0 Å². The van der Waals surface area contributed by atoms with Gasteiger partial charge in [-0.3, -0.25) is 14.4 Å². The van der Waals surface area contributed by atoms with Crippen LogP contribution >= 0.6 is 0 Å². The lowest BCUT2D eigenvalue weighted by Gasteiger charge is -2.22. The van der Waals surface area contributed by atoms with Crippen molar-refractivity contribution in [1.82, 2.24) is 20.6 Å². The van der Waals surface area contributed by atoms with Crippen LogP contribution in [0.1, 0.15) is 31.4 Å². The first kappa shape index (κ1) is 23.0. The van der Waals surface area contributed by atoms with Gasteiger partial charge in [0.1, 0.15) is 12.1 Å². The number of aromatic nitrogens is 2. The van der Waals surface area contributed by atoms with E-state index in [-0.39, 0.29) is 12.8 Å². The number of carbonyl (C=O) groups is 4. The van der Waals surface area contributed by atoms with E-state index < -0.39 is 48.3 Å². The van der Waals surface area contributed by atoms with E-state index in [0.29, 0.717) is 25.1 Å². The zero-order chi connectivity index (χ0) is 21.1. The quantitative estimate of drug-likeness (QED) is 0.182. The Balaban J connectivity index is 2.76. The fourth-order valence-electron chi connectivity index (χ4n) is 2.41. The summed E-state index contributed by atoms with van der Waals surface area (Å²) in [6.07, 6.45) is 3.63. The summed E-state index contributed by atoms with van der Waals surface area (Å²) in [4.78, 5) is 53.3. The van der Waals surface area contributed by atoms with Crippen LogP contribution in [0, 0.1) is 0 Å². The van der Waals surface area contributed by atoms with Crippen LogP contribution < -0.4 is 22.1 Å². The molecule has 156 valence electrons. The summed E-state index contributed by atoms with van der Waals surface area (Å²) in [5.41, 5.74) is 11.9. The third-order valence-corrected chi connectivity index (χ3v) is 3.90. The SMILES string of the molecule is NCCCCC(NC(=O)C(N)Cc1cnc[nH]1)C(=O)NC(CC(=O)O)C(=O)O. The molecule has 0 fully saturated rings. The van der Waals surface area contributed by atoms with Crippen molar-refractivity contribution in [3.05, 3.63) is 18.2 Å². The Kier molecular flexibility index (Phi) is 9.60. The number of nitrogens with one attached hydrogen (secondary N) is 3. The van der Waals surface area contributed by atoms with Crippen molar-refractivity contribution in [2.24, 2.45) is 11.5 Å². The lowest BCUT2D eigenvalue weighted by Crippen LogP contribution is -2.55. The van der Waals surface area contributed by atoms with Gasteiger partial charge in [0.05, 0.1) is 18.8 Å². The second-order valence-electron chi connectivity index (χ2n) is 6.23. The zero-order valence-corrected chi connectivity index (χ0v) is 15.3. The van der Waals surface area contributed by atoms with Crippen molar-refractivity contribution < 1.29 is 29.4 Å². The van der Waals surface area contributed by atoms with E-state index in [1.54, 1.807) is 0 Å². The summed E-state index contributed by atoms with van der Waals surface area (Å²) in [6.45, 7) is 0.387. The number of imidazole rings is 1. The lowest BCUT2D eigenvalue weighted by atomic mass is 10.1. The number of carboxylic acids is 2. The lowest BCUT2D eigenvalue weighted by molar-refractivity contribution is -0.147. The summed E-state index contributed by atoms with van der Waals surface area (Å²) >= 11 is 0. The minimum atomic E-state index is -1.61. The molecular formula is C16H26N6O6. The monoisotopic (exact) mass is 398 g/mol. The summed E-state index contributed by atoms with van der Waals surface area (Å²) in [5.74, 6) is -4.27. The molecule has 12 heteroatoms. The topological polar surface area (TPSA) is 214 Å². The maximum Gasteiger partial charge on any atom is 0.326 e. The highest BCUT2D eigenvalue weighted by Crippen LogP contribution is 2.04. The van der Waals surface area contributed by atoms with Crippen LogP contribution in [0.5, 0.6) is 0 Å². The smallest absolute Gasteiger partial charge is 0.326 e. The minimum Gasteiger partial charge on any atom is -0.481 e. The van der Waals surface area contributed by atoms with Gasteiger partial charge < -0.3 is 37.3 Å². The van der Waals surface area contributed by atoms with E-state index in [1.807, 2.05) is 0 Å². The molecule has 1 rings (SSSR count). The molecule has 3 unspecified atom stereocenters. The van der Waals surface area contributed by atoms with Crippen LogP contribution in [-0.2, 0) is 25.6 Å².